The highest BCUT2D eigenvalue weighted by Crippen LogP contribution is 2.38. The number of rotatable bonds is 5. The molecule has 0 bridgehead atoms. The van der Waals surface area contributed by atoms with Gasteiger partial charge in [0.15, 0.2) is 6.61 Å². The number of amides is 2. The molecule has 5 nitrogen and oxygen atoms in total. The average molecular weight is 420 g/mol. The van der Waals surface area contributed by atoms with E-state index in [4.69, 9.17) is 4.74 Å². The lowest BCUT2D eigenvalue weighted by Crippen LogP contribution is -2.20. The van der Waals surface area contributed by atoms with Gasteiger partial charge in [0.25, 0.3) is 5.91 Å². The molecule has 29 heavy (non-hydrogen) atoms. The number of carbonyl (C=O) groups is 2. The molecule has 0 fully saturated rings. The van der Waals surface area contributed by atoms with Crippen LogP contribution in [0.5, 0.6) is 5.75 Å². The Kier molecular flexibility index (Phi) is 6.40. The second-order valence-corrected chi connectivity index (χ2v) is 5.84. The van der Waals surface area contributed by atoms with E-state index in [-0.39, 0.29) is 17.7 Å². The predicted molar refractivity (Wildman–Crippen MR) is 91.3 cm³/mol. The van der Waals surface area contributed by atoms with E-state index in [9.17, 15) is 35.9 Å². The highest BCUT2D eigenvalue weighted by molar-refractivity contribution is 5.93. The fourth-order valence-electron chi connectivity index (χ4n) is 2.20. The molecule has 0 spiro atoms. The third kappa shape index (κ3) is 6.70. The van der Waals surface area contributed by atoms with Crippen molar-refractivity contribution in [3.63, 3.8) is 0 Å². The summed E-state index contributed by atoms with van der Waals surface area (Å²) in [4.78, 5) is 22.8. The van der Waals surface area contributed by atoms with Crippen LogP contribution >= 0.6 is 0 Å². The Morgan fingerprint density at radius 3 is 1.69 bits per heavy atom. The van der Waals surface area contributed by atoms with Crippen molar-refractivity contribution in [3.8, 4) is 5.75 Å². The molecule has 11 heteroatoms. The quantitative estimate of drug-likeness (QED) is 0.690. The maximum absolute atomic E-state index is 12.8. The van der Waals surface area contributed by atoms with Crippen molar-refractivity contribution in [2.45, 2.75) is 19.3 Å². The van der Waals surface area contributed by atoms with Gasteiger partial charge in [0, 0.05) is 18.3 Å². The summed E-state index contributed by atoms with van der Waals surface area (Å²) in [6.45, 7) is 0.497. The summed E-state index contributed by atoms with van der Waals surface area (Å²) in [6, 6.07) is 6.57. The summed E-state index contributed by atoms with van der Waals surface area (Å²) in [6.07, 6.45) is -10.0. The molecule has 0 heterocycles. The minimum atomic E-state index is -5.02. The standard InChI is InChI=1S/C18H14F6N2O3/c1-10(27)25-13-2-4-14(5-3-13)26-16(28)9-29-15-7-11(17(19,20)21)6-12(8-15)18(22,23)24/h2-8H,9H2,1H3,(H,25,27)(H,26,28). The number of carbonyl (C=O) groups excluding carboxylic acids is 2. The Morgan fingerprint density at radius 2 is 1.28 bits per heavy atom. The predicted octanol–water partition coefficient (Wildman–Crippen LogP) is 4.70. The molecule has 0 aliphatic heterocycles. The van der Waals surface area contributed by atoms with Gasteiger partial charge in [0.2, 0.25) is 5.91 Å². The van der Waals surface area contributed by atoms with Crippen LogP contribution < -0.4 is 15.4 Å². The molecular formula is C18H14F6N2O3. The molecule has 0 aliphatic rings. The molecule has 0 radical (unpaired) electrons. The van der Waals surface area contributed by atoms with Gasteiger partial charge in [-0.05, 0) is 42.5 Å². The highest BCUT2D eigenvalue weighted by Gasteiger charge is 2.37. The molecule has 2 aromatic carbocycles. The molecule has 2 aromatic rings. The Labute approximate surface area is 160 Å². The first-order valence-electron chi connectivity index (χ1n) is 7.94. The number of ether oxygens (including phenoxy) is 1. The number of hydrogen-bond donors (Lipinski definition) is 2. The number of nitrogens with one attached hydrogen (secondary N) is 2. The first-order valence-corrected chi connectivity index (χ1v) is 7.94. The summed E-state index contributed by atoms with van der Waals surface area (Å²) in [5, 5.41) is 4.87. The number of alkyl halides is 6. The van der Waals surface area contributed by atoms with Gasteiger partial charge < -0.3 is 15.4 Å². The molecule has 0 atom stereocenters. The van der Waals surface area contributed by atoms with Crippen molar-refractivity contribution < 1.29 is 40.7 Å². The van der Waals surface area contributed by atoms with Crippen LogP contribution in [0.3, 0.4) is 0 Å². The van der Waals surface area contributed by atoms with E-state index in [1.807, 2.05) is 0 Å². The Morgan fingerprint density at radius 1 is 0.828 bits per heavy atom. The fraction of sp³-hybridized carbons (Fsp3) is 0.222. The fourth-order valence-corrected chi connectivity index (χ4v) is 2.20. The number of hydrogen-bond acceptors (Lipinski definition) is 3. The van der Waals surface area contributed by atoms with E-state index >= 15 is 0 Å². The summed E-state index contributed by atoms with van der Waals surface area (Å²) >= 11 is 0. The van der Waals surface area contributed by atoms with Gasteiger partial charge in [-0.2, -0.15) is 26.3 Å². The number of halogens is 6. The van der Waals surface area contributed by atoms with Gasteiger partial charge in [-0.15, -0.1) is 0 Å². The molecule has 0 saturated heterocycles. The zero-order valence-corrected chi connectivity index (χ0v) is 14.7. The van der Waals surface area contributed by atoms with Gasteiger partial charge in [-0.1, -0.05) is 0 Å². The van der Waals surface area contributed by atoms with E-state index < -0.39 is 41.7 Å². The number of anilines is 2. The van der Waals surface area contributed by atoms with E-state index in [0.29, 0.717) is 17.8 Å². The van der Waals surface area contributed by atoms with E-state index in [0.717, 1.165) is 0 Å². The minimum absolute atomic E-state index is 0.0381. The van der Waals surface area contributed by atoms with Crippen molar-refractivity contribution in [2.24, 2.45) is 0 Å². The van der Waals surface area contributed by atoms with Crippen LogP contribution in [0.1, 0.15) is 18.1 Å². The lowest BCUT2D eigenvalue weighted by atomic mass is 10.1. The zero-order valence-electron chi connectivity index (χ0n) is 14.7. The van der Waals surface area contributed by atoms with Crippen LogP contribution in [-0.2, 0) is 21.9 Å². The molecule has 2 rings (SSSR count). The van der Waals surface area contributed by atoms with E-state index in [1.165, 1.54) is 31.2 Å². The van der Waals surface area contributed by atoms with Crippen molar-refractivity contribution in [1.29, 1.82) is 0 Å². The van der Waals surface area contributed by atoms with Gasteiger partial charge in [-0.25, -0.2) is 0 Å². The van der Waals surface area contributed by atoms with Crippen LogP contribution in [-0.4, -0.2) is 18.4 Å². The Balaban J connectivity index is 2.06. The Bertz CT molecular complexity index is 860. The van der Waals surface area contributed by atoms with Gasteiger partial charge >= 0.3 is 12.4 Å². The first kappa shape index (κ1) is 22.1. The van der Waals surface area contributed by atoms with Crippen molar-refractivity contribution >= 4 is 23.2 Å². The molecule has 2 N–H and O–H groups in total. The largest absolute Gasteiger partial charge is 0.484 e. The van der Waals surface area contributed by atoms with Crippen molar-refractivity contribution in [2.75, 3.05) is 17.2 Å². The number of benzene rings is 2. The van der Waals surface area contributed by atoms with Gasteiger partial charge in [-0.3, -0.25) is 9.59 Å². The zero-order chi connectivity index (χ0) is 21.8. The first-order chi connectivity index (χ1) is 13.3. The Hall–Kier alpha value is -3.24. The lowest BCUT2D eigenvalue weighted by molar-refractivity contribution is -0.143. The molecule has 156 valence electrons. The van der Waals surface area contributed by atoms with Crippen LogP contribution in [0.25, 0.3) is 0 Å². The third-order valence-corrected chi connectivity index (χ3v) is 3.42. The van der Waals surface area contributed by atoms with Gasteiger partial charge in [0.05, 0.1) is 11.1 Å². The summed E-state index contributed by atoms with van der Waals surface area (Å²) in [7, 11) is 0. The maximum atomic E-state index is 12.8. The SMILES string of the molecule is CC(=O)Nc1ccc(NC(=O)COc2cc(C(F)(F)F)cc(C(F)(F)F)c2)cc1. The van der Waals surface area contributed by atoms with E-state index in [1.54, 1.807) is 0 Å². The van der Waals surface area contributed by atoms with E-state index in [2.05, 4.69) is 10.6 Å². The second kappa shape index (κ2) is 8.41. The third-order valence-electron chi connectivity index (χ3n) is 3.42. The summed E-state index contributed by atoms with van der Waals surface area (Å²) in [5.74, 6) is -1.85. The summed E-state index contributed by atoms with van der Waals surface area (Å²) in [5.41, 5.74) is -2.34. The molecule has 0 saturated carbocycles. The normalized spacial score (nSPS) is 11.7. The monoisotopic (exact) mass is 420 g/mol. The van der Waals surface area contributed by atoms with Crippen molar-refractivity contribution in [3.05, 3.63) is 53.6 Å². The highest BCUT2D eigenvalue weighted by atomic mass is 19.4. The smallest absolute Gasteiger partial charge is 0.416 e. The topological polar surface area (TPSA) is 67.4 Å². The molecule has 0 aromatic heterocycles. The van der Waals surface area contributed by atoms with Crippen LogP contribution in [0.2, 0.25) is 0 Å². The molecular weight excluding hydrogens is 406 g/mol. The maximum Gasteiger partial charge on any atom is 0.416 e. The van der Waals surface area contributed by atoms with Crippen molar-refractivity contribution in [1.82, 2.24) is 0 Å². The van der Waals surface area contributed by atoms with Crippen LogP contribution in [0.15, 0.2) is 42.5 Å². The second-order valence-electron chi connectivity index (χ2n) is 5.84. The molecule has 2 amide bonds. The molecule has 0 aliphatic carbocycles. The summed E-state index contributed by atoms with van der Waals surface area (Å²) < 4.78 is 81.7. The minimum Gasteiger partial charge on any atom is -0.484 e. The van der Waals surface area contributed by atoms with Gasteiger partial charge in [0.1, 0.15) is 5.75 Å². The molecule has 0 unspecified atom stereocenters. The lowest BCUT2D eigenvalue weighted by Gasteiger charge is -2.15. The average Bonchev–Trinajstić information content (AvgIpc) is 2.59. The van der Waals surface area contributed by atoms with Crippen LogP contribution in [0.4, 0.5) is 37.7 Å². The van der Waals surface area contributed by atoms with Crippen LogP contribution in [0, 0.1) is 0 Å².